The van der Waals surface area contributed by atoms with Gasteiger partial charge in [-0.15, -0.1) is 0 Å². The molecule has 1 aliphatic rings. The van der Waals surface area contributed by atoms with Crippen molar-refractivity contribution in [3.63, 3.8) is 0 Å². The van der Waals surface area contributed by atoms with E-state index in [2.05, 4.69) is 11.9 Å². The van der Waals surface area contributed by atoms with Gasteiger partial charge in [0, 0.05) is 11.8 Å². The fraction of sp³-hybridized carbons (Fsp3) is 0.375. The van der Waals surface area contributed by atoms with Gasteiger partial charge in [-0.1, -0.05) is 6.92 Å². The van der Waals surface area contributed by atoms with Gasteiger partial charge in [0.2, 0.25) is 5.88 Å². The molecule has 52 valence electrons. The second kappa shape index (κ2) is 1.97. The largest absolute Gasteiger partial charge is 0.446 e. The third-order valence-electron chi connectivity index (χ3n) is 1.71. The second-order valence-electron chi connectivity index (χ2n) is 2.71. The minimum atomic E-state index is 0.560. The lowest BCUT2D eigenvalue weighted by Crippen LogP contribution is -2.03. The third-order valence-corrected chi connectivity index (χ3v) is 1.71. The van der Waals surface area contributed by atoms with Gasteiger partial charge < -0.3 is 4.42 Å². The Balaban J connectivity index is 2.43. The van der Waals surface area contributed by atoms with Gasteiger partial charge in [0.15, 0.2) is 0 Å². The Labute approximate surface area is 59.6 Å². The van der Waals surface area contributed by atoms with E-state index in [-0.39, 0.29) is 0 Å². The molecule has 0 aromatic carbocycles. The van der Waals surface area contributed by atoms with Crippen LogP contribution in [0.15, 0.2) is 21.7 Å². The summed E-state index contributed by atoms with van der Waals surface area (Å²) in [5, 5.41) is 0. The van der Waals surface area contributed by atoms with E-state index in [1.54, 1.807) is 6.26 Å². The van der Waals surface area contributed by atoms with E-state index in [1.165, 1.54) is 5.56 Å². The first-order valence-corrected chi connectivity index (χ1v) is 3.47. The SMILES string of the molecule is CC1C=Nc2occc2C1. The summed E-state index contributed by atoms with van der Waals surface area (Å²) in [6, 6.07) is 1.99. The van der Waals surface area contributed by atoms with Crippen LogP contribution in [0.2, 0.25) is 0 Å². The molecule has 2 nitrogen and oxygen atoms in total. The van der Waals surface area contributed by atoms with E-state index in [0.717, 1.165) is 12.3 Å². The van der Waals surface area contributed by atoms with Crippen molar-refractivity contribution in [1.29, 1.82) is 0 Å². The van der Waals surface area contributed by atoms with E-state index in [0.29, 0.717) is 5.92 Å². The molecule has 0 bridgehead atoms. The van der Waals surface area contributed by atoms with Gasteiger partial charge in [-0.05, 0) is 18.4 Å². The third kappa shape index (κ3) is 0.764. The van der Waals surface area contributed by atoms with E-state index < -0.39 is 0 Å². The summed E-state index contributed by atoms with van der Waals surface area (Å²) in [5.74, 6) is 1.35. The summed E-state index contributed by atoms with van der Waals surface area (Å²) >= 11 is 0. The molecule has 0 spiro atoms. The van der Waals surface area contributed by atoms with Crippen LogP contribution < -0.4 is 0 Å². The van der Waals surface area contributed by atoms with E-state index >= 15 is 0 Å². The maximum Gasteiger partial charge on any atom is 0.221 e. The van der Waals surface area contributed by atoms with Crippen LogP contribution in [-0.4, -0.2) is 6.21 Å². The Hall–Kier alpha value is -1.05. The van der Waals surface area contributed by atoms with Crippen LogP contribution in [-0.2, 0) is 6.42 Å². The molecular formula is C8H9NO. The van der Waals surface area contributed by atoms with Crippen LogP contribution in [0.25, 0.3) is 0 Å². The van der Waals surface area contributed by atoms with Crippen molar-refractivity contribution in [3.05, 3.63) is 17.9 Å². The predicted molar refractivity (Wildman–Crippen MR) is 39.7 cm³/mol. The maximum absolute atomic E-state index is 5.11. The highest BCUT2D eigenvalue weighted by molar-refractivity contribution is 5.68. The molecule has 2 rings (SSSR count). The Morgan fingerprint density at radius 2 is 2.60 bits per heavy atom. The van der Waals surface area contributed by atoms with Gasteiger partial charge in [0.1, 0.15) is 0 Å². The zero-order valence-corrected chi connectivity index (χ0v) is 5.87. The summed E-state index contributed by atoms with van der Waals surface area (Å²) in [7, 11) is 0. The average Bonchev–Trinajstić information content (AvgIpc) is 2.33. The molecule has 10 heavy (non-hydrogen) atoms. The lowest BCUT2D eigenvalue weighted by molar-refractivity contribution is 0.568. The molecule has 1 atom stereocenters. The summed E-state index contributed by atoms with van der Waals surface area (Å²) in [5.41, 5.74) is 1.23. The highest BCUT2D eigenvalue weighted by Gasteiger charge is 2.12. The number of nitrogens with zero attached hydrogens (tertiary/aromatic N) is 1. The highest BCUT2D eigenvalue weighted by atomic mass is 16.3. The summed E-state index contributed by atoms with van der Waals surface area (Å²) in [6.45, 7) is 2.15. The number of furan rings is 1. The Morgan fingerprint density at radius 3 is 3.50 bits per heavy atom. The summed E-state index contributed by atoms with van der Waals surface area (Å²) in [6.07, 6.45) is 4.70. The fourth-order valence-electron chi connectivity index (χ4n) is 1.19. The van der Waals surface area contributed by atoms with Gasteiger partial charge in [0.25, 0.3) is 0 Å². The van der Waals surface area contributed by atoms with Crippen LogP contribution >= 0.6 is 0 Å². The van der Waals surface area contributed by atoms with Crippen molar-refractivity contribution in [1.82, 2.24) is 0 Å². The maximum atomic E-state index is 5.11. The van der Waals surface area contributed by atoms with Crippen LogP contribution in [0.4, 0.5) is 5.88 Å². The molecule has 0 amide bonds. The van der Waals surface area contributed by atoms with Crippen molar-refractivity contribution >= 4 is 12.1 Å². The van der Waals surface area contributed by atoms with Crippen molar-refractivity contribution < 1.29 is 4.42 Å². The second-order valence-corrected chi connectivity index (χ2v) is 2.71. The first-order valence-electron chi connectivity index (χ1n) is 3.47. The van der Waals surface area contributed by atoms with E-state index in [4.69, 9.17) is 4.42 Å². The lowest BCUT2D eigenvalue weighted by Gasteiger charge is -2.08. The monoisotopic (exact) mass is 135 g/mol. The minimum Gasteiger partial charge on any atom is -0.446 e. The van der Waals surface area contributed by atoms with E-state index in [9.17, 15) is 0 Å². The zero-order valence-electron chi connectivity index (χ0n) is 5.87. The molecule has 1 aromatic heterocycles. The fourth-order valence-corrected chi connectivity index (χ4v) is 1.19. The first-order chi connectivity index (χ1) is 4.86. The van der Waals surface area contributed by atoms with Gasteiger partial charge in [-0.25, -0.2) is 4.99 Å². The van der Waals surface area contributed by atoms with Crippen LogP contribution in [0, 0.1) is 5.92 Å². The topological polar surface area (TPSA) is 25.5 Å². The normalized spacial score (nSPS) is 22.7. The molecule has 0 N–H and O–H groups in total. The number of hydrogen-bond donors (Lipinski definition) is 0. The predicted octanol–water partition coefficient (Wildman–Crippen LogP) is 2.17. The van der Waals surface area contributed by atoms with Crippen LogP contribution in [0.3, 0.4) is 0 Å². The molecule has 2 heteroatoms. The summed E-state index contributed by atoms with van der Waals surface area (Å²) in [4.78, 5) is 4.14. The standard InChI is InChI=1S/C8H9NO/c1-6-4-7-2-3-10-8(7)9-5-6/h2-3,5-6H,4H2,1H3. The van der Waals surface area contributed by atoms with Gasteiger partial charge in [0.05, 0.1) is 6.26 Å². The van der Waals surface area contributed by atoms with Crippen LogP contribution in [0.5, 0.6) is 0 Å². The zero-order chi connectivity index (χ0) is 6.97. The lowest BCUT2D eigenvalue weighted by atomic mass is 10.0. The molecule has 2 heterocycles. The molecule has 1 aromatic rings. The highest BCUT2D eigenvalue weighted by Crippen LogP contribution is 2.26. The van der Waals surface area contributed by atoms with Gasteiger partial charge in [-0.3, -0.25) is 0 Å². The Morgan fingerprint density at radius 1 is 1.70 bits per heavy atom. The molecule has 0 saturated carbocycles. The van der Waals surface area contributed by atoms with E-state index in [1.807, 2.05) is 12.3 Å². The molecule has 1 unspecified atom stereocenters. The number of hydrogen-bond acceptors (Lipinski definition) is 2. The molecule has 0 saturated heterocycles. The minimum absolute atomic E-state index is 0.560. The van der Waals surface area contributed by atoms with Gasteiger partial charge >= 0.3 is 0 Å². The Kier molecular flexibility index (Phi) is 1.13. The Bertz CT molecular complexity index is 262. The first kappa shape index (κ1) is 5.71. The number of rotatable bonds is 0. The number of aliphatic imine (C=N–C) groups is 1. The van der Waals surface area contributed by atoms with Crippen LogP contribution in [0.1, 0.15) is 12.5 Å². The van der Waals surface area contributed by atoms with Crippen molar-refractivity contribution in [2.24, 2.45) is 10.9 Å². The molecule has 0 aliphatic carbocycles. The smallest absolute Gasteiger partial charge is 0.221 e. The molecule has 0 fully saturated rings. The van der Waals surface area contributed by atoms with Crippen molar-refractivity contribution in [3.8, 4) is 0 Å². The quantitative estimate of drug-likeness (QED) is 0.535. The average molecular weight is 135 g/mol. The molecule has 1 aliphatic heterocycles. The summed E-state index contributed by atoms with van der Waals surface area (Å²) < 4.78 is 5.11. The molecule has 0 radical (unpaired) electrons. The number of fused-ring (bicyclic) bond motifs is 1. The molecular weight excluding hydrogens is 126 g/mol. The van der Waals surface area contributed by atoms with Crippen molar-refractivity contribution in [2.75, 3.05) is 0 Å². The van der Waals surface area contributed by atoms with Gasteiger partial charge in [-0.2, -0.15) is 0 Å². The van der Waals surface area contributed by atoms with Crippen molar-refractivity contribution in [2.45, 2.75) is 13.3 Å².